The molecule has 0 saturated heterocycles. The van der Waals surface area contributed by atoms with Crippen LogP contribution >= 0.6 is 0 Å². The molecular formula is C39H27NO. The normalized spacial score (nSPS) is 13.3. The Bertz CT molecular complexity index is 1890. The summed E-state index contributed by atoms with van der Waals surface area (Å²) in [4.78, 5) is 15.0. The maximum Gasteiger partial charge on any atom is 0.159 e. The van der Waals surface area contributed by atoms with Crippen molar-refractivity contribution in [2.24, 2.45) is 0 Å². The van der Waals surface area contributed by atoms with Crippen LogP contribution in [0.2, 0.25) is 0 Å². The van der Waals surface area contributed by atoms with Gasteiger partial charge in [0.1, 0.15) is 0 Å². The largest absolute Gasteiger partial charge is 0.310 e. The van der Waals surface area contributed by atoms with Gasteiger partial charge in [0.25, 0.3) is 0 Å². The van der Waals surface area contributed by atoms with Crippen LogP contribution in [-0.2, 0) is 5.41 Å². The number of para-hydroxylation sites is 2. The molecule has 0 aromatic heterocycles. The van der Waals surface area contributed by atoms with Gasteiger partial charge >= 0.3 is 0 Å². The van der Waals surface area contributed by atoms with E-state index in [9.17, 15) is 4.79 Å². The van der Waals surface area contributed by atoms with Crippen LogP contribution in [0.3, 0.4) is 0 Å². The Labute approximate surface area is 240 Å². The third-order valence-corrected chi connectivity index (χ3v) is 8.77. The quantitative estimate of drug-likeness (QED) is 0.213. The molecule has 0 aliphatic heterocycles. The van der Waals surface area contributed by atoms with Crippen LogP contribution < -0.4 is 4.90 Å². The number of rotatable bonds is 4. The second-order valence-corrected chi connectivity index (χ2v) is 10.9. The number of carbonyl (C=O) groups is 1. The fourth-order valence-electron chi connectivity index (χ4n) is 7.09. The van der Waals surface area contributed by atoms with Crippen LogP contribution in [0.15, 0.2) is 146 Å². The summed E-state index contributed by atoms with van der Waals surface area (Å²) in [6.45, 7) is 1.66. The van der Waals surface area contributed by atoms with Gasteiger partial charge in [-0.2, -0.15) is 0 Å². The van der Waals surface area contributed by atoms with Gasteiger partial charge in [-0.15, -0.1) is 0 Å². The average Bonchev–Trinajstić information content (AvgIpc) is 3.49. The average molecular weight is 526 g/mol. The van der Waals surface area contributed by atoms with Gasteiger partial charge in [-0.1, -0.05) is 103 Å². The van der Waals surface area contributed by atoms with Crippen molar-refractivity contribution in [2.45, 2.75) is 12.3 Å². The van der Waals surface area contributed by atoms with Gasteiger partial charge in [-0.05, 0) is 93.9 Å². The second kappa shape index (κ2) is 8.90. The molecule has 8 rings (SSSR count). The first-order valence-electron chi connectivity index (χ1n) is 14.1. The molecule has 1 spiro atoms. The van der Waals surface area contributed by atoms with Crippen LogP contribution in [0.25, 0.3) is 22.3 Å². The number of carbonyl (C=O) groups excluding carboxylic acids is 1. The van der Waals surface area contributed by atoms with E-state index >= 15 is 0 Å². The molecule has 2 heteroatoms. The molecule has 194 valence electrons. The van der Waals surface area contributed by atoms with E-state index in [1.54, 1.807) is 6.92 Å². The Hall–Kier alpha value is -5.21. The molecule has 0 saturated carbocycles. The summed E-state index contributed by atoms with van der Waals surface area (Å²) in [6, 6.07) is 51.8. The van der Waals surface area contributed by atoms with Gasteiger partial charge in [0.05, 0.1) is 5.41 Å². The summed E-state index contributed by atoms with van der Waals surface area (Å²) in [7, 11) is 0. The Morgan fingerprint density at radius 3 is 1.49 bits per heavy atom. The lowest BCUT2D eigenvalue weighted by Crippen LogP contribution is -2.26. The zero-order valence-electron chi connectivity index (χ0n) is 22.7. The molecule has 6 aromatic rings. The molecule has 0 bridgehead atoms. The van der Waals surface area contributed by atoms with Crippen molar-refractivity contribution in [1.82, 2.24) is 0 Å². The van der Waals surface area contributed by atoms with Crippen molar-refractivity contribution in [3.05, 3.63) is 173 Å². The Morgan fingerprint density at radius 1 is 0.463 bits per heavy atom. The highest BCUT2D eigenvalue weighted by Gasteiger charge is 2.51. The zero-order valence-corrected chi connectivity index (χ0v) is 22.7. The molecule has 0 unspecified atom stereocenters. The number of benzene rings is 6. The molecule has 41 heavy (non-hydrogen) atoms. The van der Waals surface area contributed by atoms with E-state index in [1.165, 1.54) is 44.5 Å². The highest BCUT2D eigenvalue weighted by atomic mass is 16.1. The predicted molar refractivity (Wildman–Crippen MR) is 167 cm³/mol. The van der Waals surface area contributed by atoms with E-state index in [0.717, 1.165) is 22.6 Å². The number of anilines is 3. The summed E-state index contributed by atoms with van der Waals surface area (Å²) in [5.74, 6) is 0.0819. The topological polar surface area (TPSA) is 20.3 Å². The van der Waals surface area contributed by atoms with E-state index in [1.807, 2.05) is 6.07 Å². The highest BCUT2D eigenvalue weighted by Crippen LogP contribution is 2.63. The van der Waals surface area contributed by atoms with Gasteiger partial charge in [0, 0.05) is 22.6 Å². The first kappa shape index (κ1) is 23.7. The molecule has 0 N–H and O–H groups in total. The molecule has 0 atom stereocenters. The molecule has 0 heterocycles. The molecule has 6 aromatic carbocycles. The number of ketones is 1. The van der Waals surface area contributed by atoms with Crippen LogP contribution in [0, 0.1) is 0 Å². The summed E-state index contributed by atoms with van der Waals surface area (Å²) in [5.41, 5.74) is 13.4. The van der Waals surface area contributed by atoms with Gasteiger partial charge in [-0.3, -0.25) is 4.79 Å². The number of fused-ring (bicyclic) bond motifs is 10. The molecule has 2 nitrogen and oxygen atoms in total. The van der Waals surface area contributed by atoms with Crippen LogP contribution in [0.5, 0.6) is 0 Å². The standard InChI is InChI=1S/C39H27NO/c1-26(41)27-20-22-33-34-23-21-30(40(28-12-4-2-5-13-28)29-14-6-3-7-15-29)25-38(34)39(37(33)24-27)35-18-10-8-16-31(35)32-17-9-11-19-36(32)39/h2-25H,1H3. The molecular weight excluding hydrogens is 498 g/mol. The van der Waals surface area contributed by atoms with E-state index in [2.05, 4.69) is 144 Å². The van der Waals surface area contributed by atoms with Gasteiger partial charge in [-0.25, -0.2) is 0 Å². The number of hydrogen-bond acceptors (Lipinski definition) is 2. The second-order valence-electron chi connectivity index (χ2n) is 10.9. The van der Waals surface area contributed by atoms with Gasteiger partial charge in [0.15, 0.2) is 5.78 Å². The fraction of sp³-hybridized carbons (Fsp3) is 0.0513. The first-order valence-corrected chi connectivity index (χ1v) is 14.1. The maximum absolute atomic E-state index is 12.7. The first-order chi connectivity index (χ1) is 20.2. The summed E-state index contributed by atoms with van der Waals surface area (Å²) in [6.07, 6.45) is 0. The SMILES string of the molecule is CC(=O)c1ccc2c(c1)C1(c3ccccc3-c3ccccc31)c1cc(N(c3ccccc3)c3ccccc3)ccc1-2. The van der Waals surface area contributed by atoms with Crippen molar-refractivity contribution >= 4 is 22.8 Å². The molecule has 0 amide bonds. The van der Waals surface area contributed by atoms with Crippen molar-refractivity contribution in [1.29, 1.82) is 0 Å². The van der Waals surface area contributed by atoms with E-state index in [0.29, 0.717) is 0 Å². The molecule has 0 fully saturated rings. The lowest BCUT2D eigenvalue weighted by atomic mass is 9.70. The van der Waals surface area contributed by atoms with Gasteiger partial charge < -0.3 is 4.90 Å². The zero-order chi connectivity index (χ0) is 27.6. The summed E-state index contributed by atoms with van der Waals surface area (Å²) in [5, 5.41) is 0. The lowest BCUT2D eigenvalue weighted by Gasteiger charge is -2.32. The van der Waals surface area contributed by atoms with Crippen molar-refractivity contribution in [3.8, 4) is 22.3 Å². The highest BCUT2D eigenvalue weighted by molar-refractivity contribution is 6.00. The van der Waals surface area contributed by atoms with Crippen molar-refractivity contribution in [2.75, 3.05) is 4.90 Å². The molecule has 0 radical (unpaired) electrons. The number of Topliss-reactive ketones (excluding diaryl/α,β-unsaturated/α-hetero) is 1. The van der Waals surface area contributed by atoms with Crippen molar-refractivity contribution in [3.63, 3.8) is 0 Å². The minimum Gasteiger partial charge on any atom is -0.310 e. The summed E-state index contributed by atoms with van der Waals surface area (Å²) >= 11 is 0. The van der Waals surface area contributed by atoms with Crippen molar-refractivity contribution < 1.29 is 4.79 Å². The smallest absolute Gasteiger partial charge is 0.159 e. The summed E-state index contributed by atoms with van der Waals surface area (Å²) < 4.78 is 0. The molecule has 2 aliphatic rings. The maximum atomic E-state index is 12.7. The minimum absolute atomic E-state index is 0.0819. The predicted octanol–water partition coefficient (Wildman–Crippen LogP) is 9.70. The fourth-order valence-corrected chi connectivity index (χ4v) is 7.09. The monoisotopic (exact) mass is 525 g/mol. The van der Waals surface area contributed by atoms with Crippen LogP contribution in [0.1, 0.15) is 39.5 Å². The lowest BCUT2D eigenvalue weighted by molar-refractivity contribution is 0.101. The number of hydrogen-bond donors (Lipinski definition) is 0. The van der Waals surface area contributed by atoms with E-state index in [-0.39, 0.29) is 5.78 Å². The Balaban J connectivity index is 1.47. The Kier molecular flexibility index (Phi) is 5.14. The van der Waals surface area contributed by atoms with Gasteiger partial charge in [0.2, 0.25) is 0 Å². The van der Waals surface area contributed by atoms with E-state index in [4.69, 9.17) is 0 Å². The third kappa shape index (κ3) is 3.28. The van der Waals surface area contributed by atoms with E-state index < -0.39 is 5.41 Å². The van der Waals surface area contributed by atoms with Crippen LogP contribution in [0.4, 0.5) is 17.1 Å². The minimum atomic E-state index is -0.516. The number of nitrogens with zero attached hydrogens (tertiary/aromatic N) is 1. The Morgan fingerprint density at radius 2 is 0.927 bits per heavy atom. The third-order valence-electron chi connectivity index (χ3n) is 8.77. The molecule has 2 aliphatic carbocycles. The van der Waals surface area contributed by atoms with Crippen LogP contribution in [-0.4, -0.2) is 5.78 Å².